The number of hydrogen-bond donors (Lipinski definition) is 1. The van der Waals surface area contributed by atoms with Gasteiger partial charge in [0.05, 0.1) is 0 Å². The van der Waals surface area contributed by atoms with Crippen LogP contribution in [0, 0.1) is 5.82 Å². The molecule has 0 amide bonds. The van der Waals surface area contributed by atoms with E-state index in [9.17, 15) is 9.50 Å². The van der Waals surface area contributed by atoms with E-state index in [2.05, 4.69) is 6.92 Å². The van der Waals surface area contributed by atoms with Crippen molar-refractivity contribution in [3.8, 4) is 0 Å². The van der Waals surface area contributed by atoms with E-state index >= 15 is 0 Å². The minimum absolute atomic E-state index is 0.339. The highest BCUT2D eigenvalue weighted by Crippen LogP contribution is 2.45. The van der Waals surface area contributed by atoms with Crippen LogP contribution >= 0.6 is 0 Å². The van der Waals surface area contributed by atoms with Gasteiger partial charge >= 0.3 is 0 Å². The highest BCUT2D eigenvalue weighted by molar-refractivity contribution is 5.44. The maximum Gasteiger partial charge on any atom is 0.129 e. The second kappa shape index (κ2) is 4.46. The van der Waals surface area contributed by atoms with Crippen molar-refractivity contribution in [1.29, 1.82) is 0 Å². The van der Waals surface area contributed by atoms with Crippen molar-refractivity contribution in [2.45, 2.75) is 31.3 Å². The van der Waals surface area contributed by atoms with Crippen molar-refractivity contribution in [3.05, 3.63) is 71.0 Å². The third kappa shape index (κ3) is 1.87. The van der Waals surface area contributed by atoms with Gasteiger partial charge in [0.25, 0.3) is 0 Å². The molecule has 0 saturated carbocycles. The van der Waals surface area contributed by atoms with Crippen molar-refractivity contribution in [2.75, 3.05) is 0 Å². The molecule has 0 radical (unpaired) electrons. The second-order valence-electron chi connectivity index (χ2n) is 5.37. The van der Waals surface area contributed by atoms with E-state index in [1.54, 1.807) is 18.2 Å². The van der Waals surface area contributed by atoms with E-state index in [4.69, 9.17) is 0 Å². The zero-order chi connectivity index (χ0) is 13.5. The molecule has 0 aromatic heterocycles. The molecule has 2 heteroatoms. The summed E-state index contributed by atoms with van der Waals surface area (Å²) in [6, 6.07) is 14.3. The largest absolute Gasteiger partial charge is 0.380 e. The topological polar surface area (TPSA) is 20.2 Å². The second-order valence-corrected chi connectivity index (χ2v) is 5.37. The van der Waals surface area contributed by atoms with Gasteiger partial charge in [0.2, 0.25) is 0 Å². The van der Waals surface area contributed by atoms with Crippen LogP contribution in [0.2, 0.25) is 0 Å². The predicted octanol–water partition coefficient (Wildman–Crippen LogP) is 3.96. The summed E-state index contributed by atoms with van der Waals surface area (Å²) in [6.45, 7) is 2.15. The lowest BCUT2D eigenvalue weighted by Gasteiger charge is -2.37. The lowest BCUT2D eigenvalue weighted by Crippen LogP contribution is -2.33. The van der Waals surface area contributed by atoms with Gasteiger partial charge < -0.3 is 5.11 Å². The molecule has 2 aromatic carbocycles. The predicted molar refractivity (Wildman–Crippen MR) is 73.5 cm³/mol. The number of hydrogen-bond acceptors (Lipinski definition) is 1. The molecule has 2 atom stereocenters. The molecule has 0 heterocycles. The summed E-state index contributed by atoms with van der Waals surface area (Å²) in [4.78, 5) is 0. The summed E-state index contributed by atoms with van der Waals surface area (Å²) < 4.78 is 14.1. The quantitative estimate of drug-likeness (QED) is 0.818. The molecule has 0 bridgehead atoms. The highest BCUT2D eigenvalue weighted by Gasteiger charge is 2.39. The Kier molecular flexibility index (Phi) is 2.90. The molecule has 19 heavy (non-hydrogen) atoms. The van der Waals surface area contributed by atoms with E-state index in [1.807, 2.05) is 24.3 Å². The van der Waals surface area contributed by atoms with Crippen molar-refractivity contribution in [1.82, 2.24) is 0 Å². The normalized spacial score (nSPS) is 25.9. The average molecular weight is 256 g/mol. The molecule has 0 aliphatic heterocycles. The molecular weight excluding hydrogens is 239 g/mol. The number of benzene rings is 2. The standard InChI is InChI=1S/C17H17FO/c1-12-10-11-17(19,14-7-3-2-6-13(12)14)15-8-4-5-9-16(15)18/h2-9,12,19H,10-11H2,1H3. The zero-order valence-electron chi connectivity index (χ0n) is 10.9. The van der Waals surface area contributed by atoms with E-state index < -0.39 is 5.60 Å². The Hall–Kier alpha value is -1.67. The van der Waals surface area contributed by atoms with Gasteiger partial charge in [0, 0.05) is 5.56 Å². The van der Waals surface area contributed by atoms with E-state index in [-0.39, 0.29) is 5.82 Å². The van der Waals surface area contributed by atoms with Gasteiger partial charge in [-0.1, -0.05) is 49.4 Å². The fraction of sp³-hybridized carbons (Fsp3) is 0.294. The Morgan fingerprint density at radius 3 is 2.42 bits per heavy atom. The molecule has 0 saturated heterocycles. The van der Waals surface area contributed by atoms with Gasteiger partial charge in [-0.25, -0.2) is 4.39 Å². The van der Waals surface area contributed by atoms with Crippen LogP contribution in [0.3, 0.4) is 0 Å². The SMILES string of the molecule is CC1CCC(O)(c2ccccc2F)c2ccccc21. The van der Waals surface area contributed by atoms with Gasteiger partial charge in [-0.05, 0) is 36.0 Å². The third-order valence-corrected chi connectivity index (χ3v) is 4.20. The Morgan fingerprint density at radius 1 is 1.05 bits per heavy atom. The molecule has 98 valence electrons. The molecule has 0 fully saturated rings. The average Bonchev–Trinajstić information content (AvgIpc) is 2.44. The first-order valence-electron chi connectivity index (χ1n) is 6.70. The number of halogens is 1. The van der Waals surface area contributed by atoms with Crippen molar-refractivity contribution >= 4 is 0 Å². The first-order valence-corrected chi connectivity index (χ1v) is 6.70. The van der Waals surface area contributed by atoms with Gasteiger partial charge in [-0.15, -0.1) is 0 Å². The molecule has 1 nitrogen and oxygen atoms in total. The van der Waals surface area contributed by atoms with Crippen LogP contribution in [-0.4, -0.2) is 5.11 Å². The van der Waals surface area contributed by atoms with Gasteiger partial charge in [-0.2, -0.15) is 0 Å². The highest BCUT2D eigenvalue weighted by atomic mass is 19.1. The molecule has 3 rings (SSSR count). The van der Waals surface area contributed by atoms with Crippen molar-refractivity contribution in [2.24, 2.45) is 0 Å². The van der Waals surface area contributed by atoms with Crippen LogP contribution < -0.4 is 0 Å². The van der Waals surface area contributed by atoms with Crippen molar-refractivity contribution < 1.29 is 9.50 Å². The Bertz CT molecular complexity index is 608. The first-order chi connectivity index (χ1) is 9.13. The van der Waals surface area contributed by atoms with Gasteiger partial charge in [0.1, 0.15) is 11.4 Å². The minimum atomic E-state index is -1.20. The van der Waals surface area contributed by atoms with Crippen LogP contribution in [0.5, 0.6) is 0 Å². The minimum Gasteiger partial charge on any atom is -0.380 e. The molecule has 1 aliphatic rings. The molecule has 2 unspecified atom stereocenters. The fourth-order valence-corrected chi connectivity index (χ4v) is 3.10. The first kappa shape index (κ1) is 12.4. The van der Waals surface area contributed by atoms with E-state index in [0.717, 1.165) is 17.5 Å². The lowest BCUT2D eigenvalue weighted by molar-refractivity contribution is 0.0543. The molecule has 1 N–H and O–H groups in total. The monoisotopic (exact) mass is 256 g/mol. The number of fused-ring (bicyclic) bond motifs is 1. The zero-order valence-corrected chi connectivity index (χ0v) is 10.9. The lowest BCUT2D eigenvalue weighted by atomic mass is 9.71. The van der Waals surface area contributed by atoms with Gasteiger partial charge in [-0.3, -0.25) is 0 Å². The Balaban J connectivity index is 2.21. The van der Waals surface area contributed by atoms with Crippen LogP contribution in [0.15, 0.2) is 48.5 Å². The molecule has 1 aliphatic carbocycles. The van der Waals surface area contributed by atoms with Crippen molar-refractivity contribution in [3.63, 3.8) is 0 Å². The summed E-state index contributed by atoms with van der Waals surface area (Å²) in [7, 11) is 0. The Morgan fingerprint density at radius 2 is 1.68 bits per heavy atom. The summed E-state index contributed by atoms with van der Waals surface area (Å²) in [5.74, 6) is 0.0672. The number of rotatable bonds is 1. The summed E-state index contributed by atoms with van der Waals surface area (Å²) >= 11 is 0. The maximum absolute atomic E-state index is 14.1. The fourth-order valence-electron chi connectivity index (χ4n) is 3.10. The smallest absolute Gasteiger partial charge is 0.129 e. The van der Waals surface area contributed by atoms with Crippen LogP contribution in [0.4, 0.5) is 4.39 Å². The Labute approximate surface area is 112 Å². The van der Waals surface area contributed by atoms with Crippen LogP contribution in [0.25, 0.3) is 0 Å². The molecule has 2 aromatic rings. The van der Waals surface area contributed by atoms with Crippen LogP contribution in [-0.2, 0) is 5.60 Å². The van der Waals surface area contributed by atoms with Crippen LogP contribution in [0.1, 0.15) is 42.4 Å². The summed E-state index contributed by atoms with van der Waals surface area (Å²) in [6.07, 6.45) is 1.42. The van der Waals surface area contributed by atoms with E-state index in [0.29, 0.717) is 17.9 Å². The van der Waals surface area contributed by atoms with Gasteiger partial charge in [0.15, 0.2) is 0 Å². The molecular formula is C17H17FO. The van der Waals surface area contributed by atoms with E-state index in [1.165, 1.54) is 6.07 Å². The molecule has 0 spiro atoms. The number of aliphatic hydroxyl groups is 1. The third-order valence-electron chi connectivity index (χ3n) is 4.20. The maximum atomic E-state index is 14.1. The summed E-state index contributed by atoms with van der Waals surface area (Å²) in [5, 5.41) is 11.1. The summed E-state index contributed by atoms with van der Waals surface area (Å²) in [5.41, 5.74) is 1.15.